The molecular weight excluding hydrogens is 485 g/mol. The summed E-state index contributed by atoms with van der Waals surface area (Å²) in [4.78, 5) is 28.5. The fourth-order valence-electron chi connectivity index (χ4n) is 4.70. The number of benzene rings is 2. The van der Waals surface area contributed by atoms with Crippen LogP contribution >= 0.6 is 23.2 Å². The summed E-state index contributed by atoms with van der Waals surface area (Å²) in [5.74, 6) is 0.627. The highest BCUT2D eigenvalue weighted by atomic mass is 35.5. The molecule has 6 rings (SSSR count). The SMILES string of the molecule is O=C1c2cnc(Nc3ccc(N4CCN(C5CC5)CC4)cc3)nc2NCN1c1c(Cl)cccc1Cl. The number of anilines is 5. The average molecular weight is 510 g/mol. The summed E-state index contributed by atoms with van der Waals surface area (Å²) in [6.45, 7) is 4.61. The van der Waals surface area contributed by atoms with Gasteiger partial charge in [-0.25, -0.2) is 4.98 Å². The maximum Gasteiger partial charge on any atom is 0.265 e. The van der Waals surface area contributed by atoms with E-state index in [4.69, 9.17) is 23.2 Å². The number of amides is 1. The van der Waals surface area contributed by atoms with Crippen LogP contribution in [0.1, 0.15) is 23.2 Å². The molecule has 1 saturated heterocycles. The van der Waals surface area contributed by atoms with Crippen LogP contribution in [-0.4, -0.2) is 59.7 Å². The summed E-state index contributed by atoms with van der Waals surface area (Å²) < 4.78 is 0. The quantitative estimate of drug-likeness (QED) is 0.509. The Morgan fingerprint density at radius 1 is 0.971 bits per heavy atom. The molecule has 1 aliphatic carbocycles. The van der Waals surface area contributed by atoms with Gasteiger partial charge in [0.2, 0.25) is 5.95 Å². The van der Waals surface area contributed by atoms with E-state index < -0.39 is 0 Å². The second-order valence-corrected chi connectivity index (χ2v) is 9.83. The maximum atomic E-state index is 13.1. The van der Waals surface area contributed by atoms with Crippen LogP contribution in [0.4, 0.5) is 28.8 Å². The molecule has 2 fully saturated rings. The molecule has 3 aromatic rings. The summed E-state index contributed by atoms with van der Waals surface area (Å²) in [6.07, 6.45) is 4.25. The summed E-state index contributed by atoms with van der Waals surface area (Å²) in [5.41, 5.74) is 2.94. The first-order chi connectivity index (χ1) is 17.1. The molecule has 3 heterocycles. The second-order valence-electron chi connectivity index (χ2n) is 9.02. The Morgan fingerprint density at radius 2 is 1.69 bits per heavy atom. The number of hydrogen-bond acceptors (Lipinski definition) is 7. The third-order valence-electron chi connectivity index (χ3n) is 6.74. The first kappa shape index (κ1) is 22.4. The molecule has 10 heteroatoms. The molecule has 180 valence electrons. The van der Waals surface area contributed by atoms with Crippen molar-refractivity contribution in [3.05, 3.63) is 64.3 Å². The molecule has 3 aliphatic rings. The van der Waals surface area contributed by atoms with Crippen LogP contribution < -0.4 is 20.4 Å². The maximum absolute atomic E-state index is 13.1. The molecule has 2 N–H and O–H groups in total. The summed E-state index contributed by atoms with van der Waals surface area (Å²) in [6, 6.07) is 14.3. The predicted molar refractivity (Wildman–Crippen MR) is 140 cm³/mol. The van der Waals surface area contributed by atoms with Gasteiger partial charge in [0, 0.05) is 49.8 Å². The molecule has 8 nitrogen and oxygen atoms in total. The lowest BCUT2D eigenvalue weighted by Crippen LogP contribution is -2.47. The van der Waals surface area contributed by atoms with Crippen LogP contribution in [0.2, 0.25) is 10.0 Å². The Bertz CT molecular complexity index is 1240. The third-order valence-corrected chi connectivity index (χ3v) is 7.35. The van der Waals surface area contributed by atoms with E-state index in [1.807, 2.05) is 12.1 Å². The summed E-state index contributed by atoms with van der Waals surface area (Å²) >= 11 is 12.6. The van der Waals surface area contributed by atoms with Crippen molar-refractivity contribution in [3.63, 3.8) is 0 Å². The zero-order chi connectivity index (χ0) is 23.9. The Labute approximate surface area is 213 Å². The minimum absolute atomic E-state index is 0.203. The number of nitrogens with one attached hydrogen (secondary N) is 2. The minimum Gasteiger partial charge on any atom is -0.369 e. The zero-order valence-corrected chi connectivity index (χ0v) is 20.6. The predicted octanol–water partition coefficient (Wildman–Crippen LogP) is 4.84. The lowest BCUT2D eigenvalue weighted by molar-refractivity contribution is 0.0985. The topological polar surface area (TPSA) is 76.6 Å². The zero-order valence-electron chi connectivity index (χ0n) is 19.0. The van der Waals surface area contributed by atoms with Crippen molar-refractivity contribution >= 4 is 57.9 Å². The number of carbonyl (C=O) groups excluding carboxylic acids is 1. The van der Waals surface area contributed by atoms with Crippen molar-refractivity contribution < 1.29 is 4.79 Å². The number of aromatic nitrogens is 2. The molecule has 0 atom stereocenters. The van der Waals surface area contributed by atoms with Gasteiger partial charge in [-0.15, -0.1) is 0 Å². The molecule has 2 aliphatic heterocycles. The molecule has 0 bridgehead atoms. The van der Waals surface area contributed by atoms with Crippen molar-refractivity contribution in [1.82, 2.24) is 14.9 Å². The Balaban J connectivity index is 1.13. The first-order valence-electron chi connectivity index (χ1n) is 11.8. The van der Waals surface area contributed by atoms with E-state index in [-0.39, 0.29) is 12.6 Å². The van der Waals surface area contributed by atoms with E-state index in [1.165, 1.54) is 29.6 Å². The van der Waals surface area contributed by atoms with Gasteiger partial charge < -0.3 is 15.5 Å². The van der Waals surface area contributed by atoms with Gasteiger partial charge in [0.1, 0.15) is 11.4 Å². The van der Waals surface area contributed by atoms with Crippen LogP contribution in [0.3, 0.4) is 0 Å². The van der Waals surface area contributed by atoms with E-state index in [0.29, 0.717) is 33.1 Å². The molecular formula is C25H25Cl2N7O. The van der Waals surface area contributed by atoms with Gasteiger partial charge in [-0.2, -0.15) is 4.98 Å². The number of fused-ring (bicyclic) bond motifs is 1. The number of para-hydroxylation sites is 1. The van der Waals surface area contributed by atoms with E-state index in [9.17, 15) is 4.79 Å². The van der Waals surface area contributed by atoms with Crippen molar-refractivity contribution in [2.75, 3.05) is 53.3 Å². The number of hydrogen-bond donors (Lipinski definition) is 2. The molecule has 1 amide bonds. The second kappa shape index (κ2) is 9.18. The highest BCUT2D eigenvalue weighted by Crippen LogP contribution is 2.36. The van der Waals surface area contributed by atoms with E-state index in [1.54, 1.807) is 18.2 Å². The smallest absolute Gasteiger partial charge is 0.265 e. The number of nitrogens with zero attached hydrogens (tertiary/aromatic N) is 5. The third kappa shape index (κ3) is 4.49. The molecule has 1 aromatic heterocycles. The van der Waals surface area contributed by atoms with Gasteiger partial charge in [0.05, 0.1) is 22.4 Å². The minimum atomic E-state index is -0.258. The van der Waals surface area contributed by atoms with Gasteiger partial charge in [0.25, 0.3) is 5.91 Å². The van der Waals surface area contributed by atoms with Crippen molar-refractivity contribution in [1.29, 1.82) is 0 Å². The Hall–Kier alpha value is -3.07. The standard InChI is InChI=1S/C25H25Cl2N7O/c26-20-2-1-3-21(27)22(20)34-15-29-23-19(24(34)35)14-28-25(31-23)30-16-4-6-17(7-5-16)32-10-12-33(13-11-32)18-8-9-18/h1-7,14,18H,8-13,15H2,(H2,28,29,30,31). The fraction of sp³-hybridized carbons (Fsp3) is 0.320. The first-order valence-corrected chi connectivity index (χ1v) is 12.6. The van der Waals surface area contributed by atoms with Crippen LogP contribution in [-0.2, 0) is 0 Å². The van der Waals surface area contributed by atoms with Gasteiger partial charge in [-0.1, -0.05) is 29.3 Å². The largest absolute Gasteiger partial charge is 0.369 e. The Morgan fingerprint density at radius 3 is 2.37 bits per heavy atom. The molecule has 0 radical (unpaired) electrons. The number of halogens is 2. The van der Waals surface area contributed by atoms with Crippen molar-refractivity contribution in [2.24, 2.45) is 0 Å². The normalized spacial score (nSPS) is 18.3. The monoisotopic (exact) mass is 509 g/mol. The molecule has 35 heavy (non-hydrogen) atoms. The van der Waals surface area contributed by atoms with Crippen LogP contribution in [0.5, 0.6) is 0 Å². The molecule has 1 saturated carbocycles. The van der Waals surface area contributed by atoms with Crippen LogP contribution in [0.15, 0.2) is 48.7 Å². The average Bonchev–Trinajstić information content (AvgIpc) is 3.72. The lowest BCUT2D eigenvalue weighted by Gasteiger charge is -2.36. The fourth-order valence-corrected chi connectivity index (χ4v) is 5.30. The van der Waals surface area contributed by atoms with Gasteiger partial charge in [-0.05, 0) is 49.2 Å². The molecule has 0 spiro atoms. The Kier molecular flexibility index (Phi) is 5.88. The van der Waals surface area contributed by atoms with Gasteiger partial charge in [-0.3, -0.25) is 14.6 Å². The number of piperazine rings is 1. The van der Waals surface area contributed by atoms with E-state index in [2.05, 4.69) is 42.5 Å². The van der Waals surface area contributed by atoms with Crippen LogP contribution in [0, 0.1) is 0 Å². The lowest BCUT2D eigenvalue weighted by atomic mass is 10.2. The van der Waals surface area contributed by atoms with E-state index in [0.717, 1.165) is 37.9 Å². The van der Waals surface area contributed by atoms with Crippen molar-refractivity contribution in [2.45, 2.75) is 18.9 Å². The van der Waals surface area contributed by atoms with Crippen molar-refractivity contribution in [3.8, 4) is 0 Å². The van der Waals surface area contributed by atoms with Gasteiger partial charge >= 0.3 is 0 Å². The summed E-state index contributed by atoms with van der Waals surface area (Å²) in [5, 5.41) is 7.22. The molecule has 0 unspecified atom stereocenters. The van der Waals surface area contributed by atoms with Gasteiger partial charge in [0.15, 0.2) is 0 Å². The van der Waals surface area contributed by atoms with E-state index >= 15 is 0 Å². The molecule has 2 aromatic carbocycles. The number of rotatable bonds is 5. The highest BCUT2D eigenvalue weighted by Gasteiger charge is 2.31. The van der Waals surface area contributed by atoms with Crippen LogP contribution in [0.25, 0.3) is 0 Å². The highest BCUT2D eigenvalue weighted by molar-refractivity contribution is 6.40. The summed E-state index contributed by atoms with van der Waals surface area (Å²) in [7, 11) is 0. The number of carbonyl (C=O) groups is 1.